The van der Waals surface area contributed by atoms with Crippen LogP contribution in [0.1, 0.15) is 36.6 Å². The van der Waals surface area contributed by atoms with Crippen molar-refractivity contribution in [3.05, 3.63) is 53.2 Å². The molecule has 0 spiro atoms. The summed E-state index contributed by atoms with van der Waals surface area (Å²) in [6.45, 7) is 6.26. The van der Waals surface area contributed by atoms with Crippen LogP contribution in [-0.2, 0) is 28.7 Å². The maximum atomic E-state index is 12.1. The summed E-state index contributed by atoms with van der Waals surface area (Å²) in [6.07, 6.45) is 2.74. The average Bonchev–Trinajstić information content (AvgIpc) is 2.76. The minimum atomic E-state index is -0.982. The lowest BCUT2D eigenvalue weighted by Gasteiger charge is -2.06. The summed E-state index contributed by atoms with van der Waals surface area (Å²) >= 11 is 0. The van der Waals surface area contributed by atoms with Crippen molar-refractivity contribution in [2.45, 2.75) is 38.7 Å². The van der Waals surface area contributed by atoms with Crippen molar-refractivity contribution in [3.63, 3.8) is 0 Å². The third-order valence-corrected chi connectivity index (χ3v) is 4.17. The number of benzene rings is 1. The van der Waals surface area contributed by atoms with E-state index in [4.69, 9.17) is 4.42 Å². The SMILES string of the molecule is Cc1cnc(C[S@](=O)Cc2ccc(CC(C)C)cc2)o1. The van der Waals surface area contributed by atoms with Gasteiger partial charge in [-0.1, -0.05) is 38.1 Å². The van der Waals surface area contributed by atoms with Gasteiger partial charge in [0.1, 0.15) is 11.5 Å². The van der Waals surface area contributed by atoms with E-state index in [1.165, 1.54) is 5.56 Å². The van der Waals surface area contributed by atoms with Crippen molar-refractivity contribution in [2.75, 3.05) is 0 Å². The molecule has 1 atom stereocenters. The molecule has 0 unspecified atom stereocenters. The van der Waals surface area contributed by atoms with Crippen LogP contribution in [-0.4, -0.2) is 9.19 Å². The van der Waals surface area contributed by atoms with Gasteiger partial charge in [0.25, 0.3) is 0 Å². The highest BCUT2D eigenvalue weighted by Crippen LogP contribution is 2.13. The molecule has 0 bridgehead atoms. The Kier molecular flexibility index (Phi) is 5.12. The van der Waals surface area contributed by atoms with Crippen molar-refractivity contribution in [1.82, 2.24) is 4.98 Å². The molecule has 1 heterocycles. The zero-order valence-electron chi connectivity index (χ0n) is 12.3. The van der Waals surface area contributed by atoms with Crippen molar-refractivity contribution in [2.24, 2.45) is 5.92 Å². The van der Waals surface area contributed by atoms with Gasteiger partial charge in [0.2, 0.25) is 5.89 Å². The third kappa shape index (κ3) is 4.60. The van der Waals surface area contributed by atoms with Gasteiger partial charge >= 0.3 is 0 Å². The lowest BCUT2D eigenvalue weighted by atomic mass is 10.0. The molecule has 108 valence electrons. The van der Waals surface area contributed by atoms with Gasteiger partial charge in [-0.2, -0.15) is 0 Å². The Balaban J connectivity index is 1.91. The molecule has 0 N–H and O–H groups in total. The average molecular weight is 291 g/mol. The standard InChI is InChI=1S/C16H21NO2S/c1-12(2)8-14-4-6-15(7-5-14)10-20(18)11-16-17-9-13(3)19-16/h4-7,9,12H,8,10-11H2,1-3H3/t20-/m1/s1. The summed E-state index contributed by atoms with van der Waals surface area (Å²) < 4.78 is 17.4. The largest absolute Gasteiger partial charge is 0.445 e. The molecule has 0 saturated carbocycles. The van der Waals surface area contributed by atoms with Crippen LogP contribution >= 0.6 is 0 Å². The van der Waals surface area contributed by atoms with Crippen LogP contribution in [0, 0.1) is 12.8 Å². The molecule has 1 aromatic carbocycles. The van der Waals surface area contributed by atoms with Crippen LogP contribution in [0.2, 0.25) is 0 Å². The molecular weight excluding hydrogens is 270 g/mol. The number of hydrogen-bond acceptors (Lipinski definition) is 3. The van der Waals surface area contributed by atoms with Gasteiger partial charge in [0, 0.05) is 16.6 Å². The van der Waals surface area contributed by atoms with E-state index in [0.29, 0.717) is 23.3 Å². The Labute approximate surface area is 122 Å². The fraction of sp³-hybridized carbons (Fsp3) is 0.438. The maximum Gasteiger partial charge on any atom is 0.206 e. The topological polar surface area (TPSA) is 43.1 Å². The second-order valence-corrected chi connectivity index (χ2v) is 6.96. The van der Waals surface area contributed by atoms with E-state index in [-0.39, 0.29) is 0 Å². The predicted molar refractivity (Wildman–Crippen MR) is 81.8 cm³/mol. The van der Waals surface area contributed by atoms with E-state index < -0.39 is 10.8 Å². The molecule has 0 aliphatic carbocycles. The molecule has 0 aliphatic heterocycles. The molecule has 1 aromatic heterocycles. The Bertz CT molecular complexity index is 572. The molecular formula is C16H21NO2S. The quantitative estimate of drug-likeness (QED) is 0.816. The first-order valence-corrected chi connectivity index (χ1v) is 8.36. The van der Waals surface area contributed by atoms with E-state index in [1.807, 2.05) is 6.92 Å². The lowest BCUT2D eigenvalue weighted by molar-refractivity contribution is 0.488. The monoisotopic (exact) mass is 291 g/mol. The van der Waals surface area contributed by atoms with Gasteiger partial charge < -0.3 is 4.42 Å². The van der Waals surface area contributed by atoms with Crippen LogP contribution in [0.3, 0.4) is 0 Å². The van der Waals surface area contributed by atoms with E-state index in [2.05, 4.69) is 43.1 Å². The first-order valence-electron chi connectivity index (χ1n) is 6.87. The normalized spacial score (nSPS) is 12.8. The minimum absolute atomic E-state index is 0.377. The molecule has 3 nitrogen and oxygen atoms in total. The van der Waals surface area contributed by atoms with Gasteiger partial charge in [-0.15, -0.1) is 0 Å². The second-order valence-electron chi connectivity index (χ2n) is 5.51. The number of aromatic nitrogens is 1. The zero-order chi connectivity index (χ0) is 14.5. The maximum absolute atomic E-state index is 12.1. The second kappa shape index (κ2) is 6.84. The van der Waals surface area contributed by atoms with E-state index >= 15 is 0 Å². The number of oxazole rings is 1. The van der Waals surface area contributed by atoms with Crippen molar-refractivity contribution >= 4 is 10.8 Å². The molecule has 2 aromatic rings. The zero-order valence-corrected chi connectivity index (χ0v) is 13.1. The lowest BCUT2D eigenvalue weighted by Crippen LogP contribution is -2.00. The van der Waals surface area contributed by atoms with Gasteiger partial charge in [-0.05, 0) is 30.4 Å². The molecule has 0 aliphatic rings. The van der Waals surface area contributed by atoms with Crippen LogP contribution < -0.4 is 0 Å². The van der Waals surface area contributed by atoms with Crippen molar-refractivity contribution < 1.29 is 8.63 Å². The summed E-state index contributed by atoms with van der Waals surface area (Å²) in [5, 5.41) is 0. The summed E-state index contributed by atoms with van der Waals surface area (Å²) in [7, 11) is -0.982. The summed E-state index contributed by atoms with van der Waals surface area (Å²) in [5.41, 5.74) is 2.43. The highest BCUT2D eigenvalue weighted by Gasteiger charge is 2.08. The number of rotatable bonds is 6. The van der Waals surface area contributed by atoms with Crippen LogP contribution in [0.5, 0.6) is 0 Å². The fourth-order valence-electron chi connectivity index (χ4n) is 2.09. The van der Waals surface area contributed by atoms with Gasteiger partial charge in [0.15, 0.2) is 0 Å². The Morgan fingerprint density at radius 2 is 1.80 bits per heavy atom. The van der Waals surface area contributed by atoms with Crippen molar-refractivity contribution in [3.8, 4) is 0 Å². The Morgan fingerprint density at radius 3 is 2.35 bits per heavy atom. The number of hydrogen-bond donors (Lipinski definition) is 0. The molecule has 4 heteroatoms. The molecule has 0 fully saturated rings. The Morgan fingerprint density at radius 1 is 1.15 bits per heavy atom. The van der Waals surface area contributed by atoms with Crippen LogP contribution in [0.25, 0.3) is 0 Å². The number of nitrogens with zero attached hydrogens (tertiary/aromatic N) is 1. The first kappa shape index (κ1) is 15.0. The van der Waals surface area contributed by atoms with Gasteiger partial charge in [-0.25, -0.2) is 4.98 Å². The molecule has 0 saturated heterocycles. The fourth-order valence-corrected chi connectivity index (χ4v) is 3.16. The first-order chi connectivity index (χ1) is 9.52. The summed E-state index contributed by atoms with van der Waals surface area (Å²) in [6, 6.07) is 8.39. The highest BCUT2D eigenvalue weighted by molar-refractivity contribution is 7.83. The van der Waals surface area contributed by atoms with Crippen molar-refractivity contribution in [1.29, 1.82) is 0 Å². The smallest absolute Gasteiger partial charge is 0.206 e. The number of aryl methyl sites for hydroxylation is 1. The van der Waals surface area contributed by atoms with Gasteiger partial charge in [0.05, 0.1) is 6.20 Å². The molecule has 0 amide bonds. The molecule has 0 radical (unpaired) electrons. The third-order valence-electron chi connectivity index (χ3n) is 2.95. The van der Waals surface area contributed by atoms with E-state index in [0.717, 1.165) is 17.7 Å². The van der Waals surface area contributed by atoms with E-state index in [1.54, 1.807) is 6.20 Å². The van der Waals surface area contributed by atoms with Gasteiger partial charge in [-0.3, -0.25) is 4.21 Å². The predicted octanol–water partition coefficient (Wildman–Crippen LogP) is 3.63. The molecule has 20 heavy (non-hydrogen) atoms. The summed E-state index contributed by atoms with van der Waals surface area (Å²) in [4.78, 5) is 4.08. The van der Waals surface area contributed by atoms with E-state index in [9.17, 15) is 4.21 Å². The Hall–Kier alpha value is -1.42. The van der Waals surface area contributed by atoms with Crippen LogP contribution in [0.4, 0.5) is 0 Å². The molecule has 2 rings (SSSR count). The highest BCUT2D eigenvalue weighted by atomic mass is 32.2. The summed E-state index contributed by atoms with van der Waals surface area (Å²) in [5.74, 6) is 2.89. The minimum Gasteiger partial charge on any atom is -0.445 e. The van der Waals surface area contributed by atoms with Crippen LogP contribution in [0.15, 0.2) is 34.9 Å².